The number of anilines is 1. The number of nitrogens with zero attached hydrogens (tertiary/aromatic N) is 5. The van der Waals surface area contributed by atoms with Crippen molar-refractivity contribution in [2.24, 2.45) is 0 Å². The number of hydrogen-bond acceptors (Lipinski definition) is 5. The third-order valence-electron chi connectivity index (χ3n) is 3.86. The van der Waals surface area contributed by atoms with Gasteiger partial charge in [-0.05, 0) is 32.4 Å². The number of hydrogen-bond donors (Lipinski definition) is 1. The number of aryl methyl sites for hydroxylation is 2. The van der Waals surface area contributed by atoms with Crippen LogP contribution in [-0.2, 0) is 6.54 Å². The lowest BCUT2D eigenvalue weighted by Gasteiger charge is -2.07. The maximum atomic E-state index is 12.5. The zero-order chi connectivity index (χ0) is 17.8. The fourth-order valence-electron chi connectivity index (χ4n) is 2.57. The van der Waals surface area contributed by atoms with E-state index in [4.69, 9.17) is 0 Å². The molecule has 3 aromatic heterocycles. The summed E-state index contributed by atoms with van der Waals surface area (Å²) in [6, 6.07) is 5.52. The van der Waals surface area contributed by atoms with Crippen LogP contribution in [0.2, 0.25) is 0 Å². The topological polar surface area (TPSA) is 85.6 Å². The molecule has 7 heteroatoms. The van der Waals surface area contributed by atoms with Gasteiger partial charge < -0.3 is 5.32 Å². The molecule has 25 heavy (non-hydrogen) atoms. The number of carbonyl (C=O) groups excluding carboxylic acids is 1. The number of aromatic nitrogens is 5. The minimum atomic E-state index is -0.255. The van der Waals surface area contributed by atoms with E-state index in [0.29, 0.717) is 17.1 Å². The summed E-state index contributed by atoms with van der Waals surface area (Å²) >= 11 is 0. The van der Waals surface area contributed by atoms with Crippen molar-refractivity contribution in [2.45, 2.75) is 33.7 Å². The summed E-state index contributed by atoms with van der Waals surface area (Å²) in [5.41, 5.74) is 3.54. The summed E-state index contributed by atoms with van der Waals surface area (Å²) in [7, 11) is 0. The van der Waals surface area contributed by atoms with E-state index in [1.165, 1.54) is 12.4 Å². The molecular formula is C18H20N6O. The molecule has 3 aromatic rings. The largest absolute Gasteiger partial charge is 0.319 e. The second-order valence-corrected chi connectivity index (χ2v) is 5.73. The molecule has 128 valence electrons. The average molecular weight is 336 g/mol. The van der Waals surface area contributed by atoms with Gasteiger partial charge in [-0.1, -0.05) is 13.0 Å². The Bertz CT molecular complexity index is 871. The van der Waals surface area contributed by atoms with Crippen molar-refractivity contribution in [1.82, 2.24) is 24.7 Å². The number of amides is 1. The maximum Gasteiger partial charge on any atom is 0.258 e. The van der Waals surface area contributed by atoms with Crippen LogP contribution in [0.25, 0.3) is 11.5 Å². The molecule has 3 heterocycles. The van der Waals surface area contributed by atoms with Crippen LogP contribution in [0.4, 0.5) is 5.69 Å². The first-order valence-electron chi connectivity index (χ1n) is 8.19. The predicted molar refractivity (Wildman–Crippen MR) is 95.2 cm³/mol. The van der Waals surface area contributed by atoms with E-state index in [9.17, 15) is 4.79 Å². The Morgan fingerprint density at radius 2 is 1.92 bits per heavy atom. The zero-order valence-electron chi connectivity index (χ0n) is 14.5. The third kappa shape index (κ3) is 3.55. The Balaban J connectivity index is 1.78. The van der Waals surface area contributed by atoms with Gasteiger partial charge in [-0.25, -0.2) is 9.97 Å². The molecule has 0 saturated heterocycles. The molecule has 0 atom stereocenters. The van der Waals surface area contributed by atoms with Gasteiger partial charge in [0.1, 0.15) is 5.69 Å². The molecule has 0 saturated carbocycles. The molecule has 0 aromatic carbocycles. The van der Waals surface area contributed by atoms with E-state index in [1.54, 1.807) is 6.20 Å². The normalized spacial score (nSPS) is 10.7. The highest BCUT2D eigenvalue weighted by Gasteiger charge is 2.15. The van der Waals surface area contributed by atoms with Crippen LogP contribution in [0, 0.1) is 13.8 Å². The highest BCUT2D eigenvalue weighted by Crippen LogP contribution is 2.20. The van der Waals surface area contributed by atoms with Crippen LogP contribution < -0.4 is 5.32 Å². The van der Waals surface area contributed by atoms with Crippen molar-refractivity contribution in [3.63, 3.8) is 0 Å². The fourth-order valence-corrected chi connectivity index (χ4v) is 2.57. The minimum Gasteiger partial charge on any atom is -0.319 e. The Hall–Kier alpha value is -3.09. The van der Waals surface area contributed by atoms with Crippen LogP contribution in [-0.4, -0.2) is 30.6 Å². The molecule has 7 nitrogen and oxygen atoms in total. The minimum absolute atomic E-state index is 0.255. The van der Waals surface area contributed by atoms with Gasteiger partial charge in [-0.3, -0.25) is 14.5 Å². The monoisotopic (exact) mass is 336 g/mol. The van der Waals surface area contributed by atoms with Gasteiger partial charge in [-0.15, -0.1) is 0 Å². The summed E-state index contributed by atoms with van der Waals surface area (Å²) in [5, 5.41) is 7.38. The second-order valence-electron chi connectivity index (χ2n) is 5.73. The lowest BCUT2D eigenvalue weighted by atomic mass is 10.2. The number of pyridine rings is 1. The first kappa shape index (κ1) is 16.8. The molecule has 0 unspecified atom stereocenters. The van der Waals surface area contributed by atoms with Crippen molar-refractivity contribution < 1.29 is 4.79 Å². The van der Waals surface area contributed by atoms with Crippen LogP contribution in [0.5, 0.6) is 0 Å². The number of nitrogens with one attached hydrogen (secondary N) is 1. The second kappa shape index (κ2) is 7.21. The van der Waals surface area contributed by atoms with Gasteiger partial charge in [0.15, 0.2) is 5.82 Å². The van der Waals surface area contributed by atoms with Crippen LogP contribution >= 0.6 is 0 Å². The molecule has 3 rings (SSSR count). The SMILES string of the molecule is CCCn1nc(C)c(NC(=O)c2cnc(-c3ccccn3)nc2)c1C. The highest BCUT2D eigenvalue weighted by atomic mass is 16.1. The standard InChI is InChI=1S/C18H20N6O/c1-4-9-24-13(3)16(12(2)23-24)22-18(25)14-10-20-17(21-11-14)15-7-5-6-8-19-15/h5-8,10-11H,4,9H2,1-3H3,(H,22,25). The van der Waals surface area contributed by atoms with Crippen molar-refractivity contribution >= 4 is 11.6 Å². The van der Waals surface area contributed by atoms with Crippen molar-refractivity contribution in [1.29, 1.82) is 0 Å². The average Bonchev–Trinajstić information content (AvgIpc) is 2.90. The highest BCUT2D eigenvalue weighted by molar-refractivity contribution is 6.04. The smallest absolute Gasteiger partial charge is 0.258 e. The van der Waals surface area contributed by atoms with Gasteiger partial charge in [0.25, 0.3) is 5.91 Å². The van der Waals surface area contributed by atoms with Crippen molar-refractivity contribution in [3.05, 3.63) is 53.7 Å². The molecule has 0 aliphatic heterocycles. The quantitative estimate of drug-likeness (QED) is 0.774. The summed E-state index contributed by atoms with van der Waals surface area (Å²) in [6.45, 7) is 6.75. The third-order valence-corrected chi connectivity index (χ3v) is 3.86. The summed E-state index contributed by atoms with van der Waals surface area (Å²) in [4.78, 5) is 25.2. The van der Waals surface area contributed by atoms with E-state index in [2.05, 4.69) is 32.3 Å². The maximum absolute atomic E-state index is 12.5. The van der Waals surface area contributed by atoms with Gasteiger partial charge in [-0.2, -0.15) is 5.10 Å². The van der Waals surface area contributed by atoms with E-state index in [1.807, 2.05) is 36.7 Å². The van der Waals surface area contributed by atoms with Gasteiger partial charge in [0, 0.05) is 25.1 Å². The molecule has 1 N–H and O–H groups in total. The summed E-state index contributed by atoms with van der Waals surface area (Å²) in [6.07, 6.45) is 5.68. The first-order chi connectivity index (χ1) is 12.1. The van der Waals surface area contributed by atoms with E-state index < -0.39 is 0 Å². The molecule has 0 fully saturated rings. The van der Waals surface area contributed by atoms with Gasteiger partial charge >= 0.3 is 0 Å². The molecular weight excluding hydrogens is 316 g/mol. The van der Waals surface area contributed by atoms with Crippen LogP contribution in [0.3, 0.4) is 0 Å². The predicted octanol–water partition coefficient (Wildman–Crippen LogP) is 3.01. The van der Waals surface area contributed by atoms with Gasteiger partial charge in [0.05, 0.1) is 22.6 Å². The Labute approximate surface area is 146 Å². The van der Waals surface area contributed by atoms with Gasteiger partial charge in [0.2, 0.25) is 0 Å². The van der Waals surface area contributed by atoms with E-state index >= 15 is 0 Å². The van der Waals surface area contributed by atoms with E-state index in [-0.39, 0.29) is 5.91 Å². The Morgan fingerprint density at radius 3 is 2.56 bits per heavy atom. The lowest BCUT2D eigenvalue weighted by molar-refractivity contribution is 0.102. The van der Waals surface area contributed by atoms with Crippen LogP contribution in [0.1, 0.15) is 35.1 Å². The molecule has 1 amide bonds. The molecule has 0 aliphatic rings. The van der Waals surface area contributed by atoms with E-state index in [0.717, 1.165) is 30.0 Å². The zero-order valence-corrected chi connectivity index (χ0v) is 14.5. The first-order valence-corrected chi connectivity index (χ1v) is 8.19. The summed E-state index contributed by atoms with van der Waals surface area (Å²) < 4.78 is 1.91. The molecule has 0 bridgehead atoms. The Morgan fingerprint density at radius 1 is 1.16 bits per heavy atom. The number of rotatable bonds is 5. The molecule has 0 radical (unpaired) electrons. The Kier molecular flexibility index (Phi) is 4.83. The van der Waals surface area contributed by atoms with Crippen LogP contribution in [0.15, 0.2) is 36.8 Å². The lowest BCUT2D eigenvalue weighted by Crippen LogP contribution is -2.14. The van der Waals surface area contributed by atoms with Crippen molar-refractivity contribution in [2.75, 3.05) is 5.32 Å². The summed E-state index contributed by atoms with van der Waals surface area (Å²) in [5.74, 6) is 0.232. The van der Waals surface area contributed by atoms with Crippen molar-refractivity contribution in [3.8, 4) is 11.5 Å². The number of carbonyl (C=O) groups is 1. The fraction of sp³-hybridized carbons (Fsp3) is 0.278. The molecule has 0 spiro atoms. The molecule has 0 aliphatic carbocycles.